The third-order valence-corrected chi connectivity index (χ3v) is 6.09. The van der Waals surface area contributed by atoms with Crippen LogP contribution in [0.2, 0.25) is 0 Å². The fourth-order valence-corrected chi connectivity index (χ4v) is 4.28. The number of thioether (sulfide) groups is 1. The van der Waals surface area contributed by atoms with E-state index in [4.69, 9.17) is 4.74 Å². The van der Waals surface area contributed by atoms with E-state index in [2.05, 4.69) is 17.6 Å². The number of carbonyl (C=O) groups excluding carboxylic acids is 1. The van der Waals surface area contributed by atoms with Crippen LogP contribution in [0, 0.1) is 11.8 Å². The van der Waals surface area contributed by atoms with Crippen molar-refractivity contribution in [3.63, 3.8) is 0 Å². The van der Waals surface area contributed by atoms with Gasteiger partial charge in [0.2, 0.25) is 5.91 Å². The lowest BCUT2D eigenvalue weighted by Gasteiger charge is -2.45. The second kappa shape index (κ2) is 9.01. The van der Waals surface area contributed by atoms with E-state index < -0.39 is 35.9 Å². The Morgan fingerprint density at radius 3 is 2.44 bits per heavy atom. The Balaban J connectivity index is 2.08. The van der Waals surface area contributed by atoms with E-state index in [1.54, 1.807) is 6.26 Å². The van der Waals surface area contributed by atoms with Gasteiger partial charge in [-0.05, 0) is 24.5 Å². The topological polar surface area (TPSA) is 111 Å². The van der Waals surface area contributed by atoms with E-state index in [0.717, 1.165) is 19.4 Å². The first-order valence-electron chi connectivity index (χ1n) is 9.08. The molecule has 3 unspecified atom stereocenters. The summed E-state index contributed by atoms with van der Waals surface area (Å²) in [7, 11) is 0. The molecule has 5 N–H and O–H groups in total. The maximum atomic E-state index is 12.6. The molecule has 8 atom stereocenters. The van der Waals surface area contributed by atoms with Crippen LogP contribution in [0.5, 0.6) is 0 Å². The van der Waals surface area contributed by atoms with Crippen LogP contribution in [-0.4, -0.2) is 76.0 Å². The van der Waals surface area contributed by atoms with Gasteiger partial charge >= 0.3 is 0 Å². The number of carbonyl (C=O) groups is 1. The zero-order valence-corrected chi connectivity index (χ0v) is 16.2. The Morgan fingerprint density at radius 2 is 1.96 bits per heavy atom. The minimum atomic E-state index is -1.30. The van der Waals surface area contributed by atoms with Gasteiger partial charge in [-0.1, -0.05) is 27.2 Å². The molecule has 0 aromatic carbocycles. The standard InChI is InChI=1S/C17H32N2O5S/c1-5-6-9-7-18-11(9)16(23)19-10(8(2)3)15-13(21)12(20)14(22)17(24-15)25-4/h8-15,17-18,20-22H,5-7H2,1-4H3,(H,19,23)/t9?,10?,11?,12-,13+,14+,15+,17+/m1/s1. The zero-order valence-electron chi connectivity index (χ0n) is 15.4. The van der Waals surface area contributed by atoms with Gasteiger partial charge in [0.15, 0.2) is 0 Å². The first-order valence-corrected chi connectivity index (χ1v) is 10.4. The number of rotatable bonds is 7. The van der Waals surface area contributed by atoms with Gasteiger partial charge in [-0.15, -0.1) is 11.8 Å². The van der Waals surface area contributed by atoms with Crippen LogP contribution >= 0.6 is 11.8 Å². The van der Waals surface area contributed by atoms with Crippen LogP contribution in [0.4, 0.5) is 0 Å². The summed E-state index contributed by atoms with van der Waals surface area (Å²) >= 11 is 1.27. The van der Waals surface area contributed by atoms with Crippen molar-refractivity contribution in [3.8, 4) is 0 Å². The molecule has 0 aromatic heterocycles. The third-order valence-electron chi connectivity index (χ3n) is 5.23. The molecule has 0 radical (unpaired) electrons. The first-order chi connectivity index (χ1) is 11.8. The van der Waals surface area contributed by atoms with Crippen molar-refractivity contribution in [1.82, 2.24) is 10.6 Å². The van der Waals surface area contributed by atoms with Gasteiger partial charge in [0, 0.05) is 6.54 Å². The Kier molecular flexibility index (Phi) is 7.54. The average molecular weight is 377 g/mol. The van der Waals surface area contributed by atoms with Gasteiger partial charge in [-0.3, -0.25) is 4.79 Å². The van der Waals surface area contributed by atoms with Crippen LogP contribution in [0.25, 0.3) is 0 Å². The van der Waals surface area contributed by atoms with E-state index in [1.165, 1.54) is 11.8 Å². The molecule has 25 heavy (non-hydrogen) atoms. The first kappa shape index (κ1) is 20.9. The highest BCUT2D eigenvalue weighted by Gasteiger charge is 2.48. The van der Waals surface area contributed by atoms with Gasteiger partial charge in [0.25, 0.3) is 0 Å². The minimum absolute atomic E-state index is 0.00162. The van der Waals surface area contributed by atoms with Crippen molar-refractivity contribution < 1.29 is 24.9 Å². The lowest BCUT2D eigenvalue weighted by atomic mass is 9.85. The van der Waals surface area contributed by atoms with E-state index in [-0.39, 0.29) is 17.9 Å². The number of ether oxygens (including phenoxy) is 1. The highest BCUT2D eigenvalue weighted by Crippen LogP contribution is 2.30. The maximum Gasteiger partial charge on any atom is 0.237 e. The molecular weight excluding hydrogens is 344 g/mol. The van der Waals surface area contributed by atoms with Crippen molar-refractivity contribution in [1.29, 1.82) is 0 Å². The molecular formula is C17H32N2O5S. The maximum absolute atomic E-state index is 12.6. The molecule has 7 nitrogen and oxygen atoms in total. The molecule has 146 valence electrons. The largest absolute Gasteiger partial charge is 0.388 e. The molecule has 0 spiro atoms. The Morgan fingerprint density at radius 1 is 1.28 bits per heavy atom. The number of hydrogen-bond donors (Lipinski definition) is 5. The summed E-state index contributed by atoms with van der Waals surface area (Å²) in [5.41, 5.74) is -0.642. The summed E-state index contributed by atoms with van der Waals surface area (Å²) in [5.74, 6) is 0.236. The van der Waals surface area contributed by atoms with Crippen LogP contribution in [0.1, 0.15) is 33.6 Å². The third kappa shape index (κ3) is 4.48. The lowest BCUT2D eigenvalue weighted by Crippen LogP contribution is -2.67. The van der Waals surface area contributed by atoms with Crippen LogP contribution < -0.4 is 10.6 Å². The molecule has 2 heterocycles. The Labute approximate surface area is 153 Å². The van der Waals surface area contributed by atoms with Crippen LogP contribution in [0.15, 0.2) is 0 Å². The molecule has 0 saturated carbocycles. The quantitative estimate of drug-likeness (QED) is 0.414. The Bertz CT molecular complexity index is 451. The second-order valence-corrected chi connectivity index (χ2v) is 8.33. The SMILES string of the molecule is CCCC1CNC1C(=O)NC(C(C)C)[C@@H]1O[C@@H](SC)[C@@H](O)[C@H](O)[C@@H]1O. The van der Waals surface area contributed by atoms with Gasteiger partial charge in [0.1, 0.15) is 29.9 Å². The van der Waals surface area contributed by atoms with Gasteiger partial charge < -0.3 is 30.7 Å². The van der Waals surface area contributed by atoms with Crippen molar-refractivity contribution in [2.75, 3.05) is 12.8 Å². The predicted octanol–water partition coefficient (Wildman–Crippen LogP) is -0.314. The molecule has 8 heteroatoms. The predicted molar refractivity (Wildman–Crippen MR) is 97.2 cm³/mol. The van der Waals surface area contributed by atoms with E-state index >= 15 is 0 Å². The molecule has 2 aliphatic heterocycles. The lowest BCUT2D eigenvalue weighted by molar-refractivity contribution is -0.208. The van der Waals surface area contributed by atoms with Crippen molar-refractivity contribution in [3.05, 3.63) is 0 Å². The monoisotopic (exact) mass is 376 g/mol. The van der Waals surface area contributed by atoms with Crippen LogP contribution in [0.3, 0.4) is 0 Å². The normalized spacial score (nSPS) is 39.8. The number of aliphatic hydroxyl groups is 3. The van der Waals surface area contributed by atoms with Crippen molar-refractivity contribution in [2.45, 2.75) is 75.5 Å². The summed E-state index contributed by atoms with van der Waals surface area (Å²) in [5, 5.41) is 36.7. The zero-order chi connectivity index (χ0) is 18.7. The van der Waals surface area contributed by atoms with Crippen molar-refractivity contribution >= 4 is 17.7 Å². The van der Waals surface area contributed by atoms with Crippen molar-refractivity contribution in [2.24, 2.45) is 11.8 Å². The number of hydrogen-bond acceptors (Lipinski definition) is 7. The number of amides is 1. The second-order valence-electron chi connectivity index (χ2n) is 7.39. The molecule has 2 saturated heterocycles. The van der Waals surface area contributed by atoms with Gasteiger partial charge in [-0.2, -0.15) is 0 Å². The summed E-state index contributed by atoms with van der Waals surface area (Å²) in [6, 6.07) is -0.669. The molecule has 1 amide bonds. The van der Waals surface area contributed by atoms with Crippen LogP contribution in [-0.2, 0) is 9.53 Å². The molecule has 2 aliphatic rings. The van der Waals surface area contributed by atoms with Gasteiger partial charge in [-0.25, -0.2) is 0 Å². The summed E-state index contributed by atoms with van der Waals surface area (Å²) in [6.45, 7) is 6.82. The van der Waals surface area contributed by atoms with E-state index in [9.17, 15) is 20.1 Å². The highest BCUT2D eigenvalue weighted by atomic mass is 32.2. The average Bonchev–Trinajstić information content (AvgIpc) is 2.55. The van der Waals surface area contributed by atoms with E-state index in [1.807, 2.05) is 13.8 Å². The molecule has 2 fully saturated rings. The molecule has 0 aromatic rings. The fourth-order valence-electron chi connectivity index (χ4n) is 3.60. The number of aliphatic hydroxyl groups excluding tert-OH is 3. The fraction of sp³-hybridized carbons (Fsp3) is 0.941. The molecule has 0 aliphatic carbocycles. The van der Waals surface area contributed by atoms with Gasteiger partial charge in [0.05, 0.1) is 12.1 Å². The summed E-state index contributed by atoms with van der Waals surface area (Å²) in [4.78, 5) is 12.6. The summed E-state index contributed by atoms with van der Waals surface area (Å²) in [6.07, 6.45) is -0.689. The summed E-state index contributed by atoms with van der Waals surface area (Å²) < 4.78 is 5.83. The molecule has 0 bridgehead atoms. The Hall–Kier alpha value is -0.380. The minimum Gasteiger partial charge on any atom is -0.388 e. The highest BCUT2D eigenvalue weighted by molar-refractivity contribution is 7.99. The number of nitrogens with one attached hydrogen (secondary N) is 2. The smallest absolute Gasteiger partial charge is 0.237 e. The van der Waals surface area contributed by atoms with E-state index in [0.29, 0.717) is 5.92 Å². The molecule has 2 rings (SSSR count).